The molecule has 1 amide bonds. The molecule has 1 aliphatic rings. The number of nitrogens with one attached hydrogen (secondary N) is 2. The Balaban J connectivity index is 1.96. The monoisotopic (exact) mass is 228 g/mol. The normalized spacial score (nSPS) is 17.3. The summed E-state index contributed by atoms with van der Waals surface area (Å²) in [4.78, 5) is 11.5. The lowest BCUT2D eigenvalue weighted by Gasteiger charge is -2.22. The van der Waals surface area contributed by atoms with Crippen LogP contribution < -0.4 is 10.6 Å². The topological polar surface area (TPSA) is 50.4 Å². The van der Waals surface area contributed by atoms with Gasteiger partial charge in [-0.15, -0.1) is 0 Å². The van der Waals surface area contributed by atoms with Crippen molar-refractivity contribution in [3.05, 3.63) is 0 Å². The molecule has 1 heterocycles. The fourth-order valence-corrected chi connectivity index (χ4v) is 2.04. The Bertz CT molecular complexity index is 191. The molecule has 0 aliphatic carbocycles. The standard InChI is InChI=1S/C12H24N2O2/c1-16-10-2-7-14-12(15)4-3-11-5-8-13-9-6-11/h11,13H,2-10H2,1H3,(H,14,15). The van der Waals surface area contributed by atoms with Gasteiger partial charge in [-0.3, -0.25) is 4.79 Å². The minimum atomic E-state index is 0.189. The molecule has 2 N–H and O–H groups in total. The highest BCUT2D eigenvalue weighted by Crippen LogP contribution is 2.17. The van der Waals surface area contributed by atoms with Crippen LogP contribution >= 0.6 is 0 Å². The molecule has 1 rings (SSSR count). The van der Waals surface area contributed by atoms with Gasteiger partial charge in [0.25, 0.3) is 0 Å². The number of hydrogen-bond acceptors (Lipinski definition) is 3. The molecule has 0 aromatic heterocycles. The van der Waals surface area contributed by atoms with E-state index < -0.39 is 0 Å². The number of methoxy groups -OCH3 is 1. The molecule has 0 spiro atoms. The number of hydrogen-bond donors (Lipinski definition) is 2. The van der Waals surface area contributed by atoms with Crippen molar-refractivity contribution >= 4 is 5.91 Å². The van der Waals surface area contributed by atoms with Crippen LogP contribution in [0.5, 0.6) is 0 Å². The van der Waals surface area contributed by atoms with E-state index in [4.69, 9.17) is 4.74 Å². The second-order valence-corrected chi connectivity index (χ2v) is 4.43. The number of carbonyl (C=O) groups is 1. The van der Waals surface area contributed by atoms with Crippen molar-refractivity contribution in [2.75, 3.05) is 33.4 Å². The molecule has 1 saturated heterocycles. The maximum atomic E-state index is 11.5. The van der Waals surface area contributed by atoms with Crippen LogP contribution in [0.25, 0.3) is 0 Å². The molecule has 0 unspecified atom stereocenters. The first-order valence-electron chi connectivity index (χ1n) is 6.29. The predicted octanol–water partition coefficient (Wildman–Crippen LogP) is 0.919. The number of piperidine rings is 1. The number of rotatable bonds is 7. The van der Waals surface area contributed by atoms with Gasteiger partial charge in [0.1, 0.15) is 0 Å². The third-order valence-electron chi connectivity index (χ3n) is 3.09. The van der Waals surface area contributed by atoms with Crippen LogP contribution in [0.2, 0.25) is 0 Å². The Morgan fingerprint density at radius 1 is 1.44 bits per heavy atom. The van der Waals surface area contributed by atoms with E-state index in [0.29, 0.717) is 13.0 Å². The van der Waals surface area contributed by atoms with E-state index >= 15 is 0 Å². The van der Waals surface area contributed by atoms with Crippen LogP contribution in [-0.2, 0) is 9.53 Å². The van der Waals surface area contributed by atoms with E-state index in [2.05, 4.69) is 10.6 Å². The van der Waals surface area contributed by atoms with Crippen LogP contribution in [0.15, 0.2) is 0 Å². The summed E-state index contributed by atoms with van der Waals surface area (Å²) in [6, 6.07) is 0. The van der Waals surface area contributed by atoms with Gasteiger partial charge in [0, 0.05) is 26.7 Å². The minimum absolute atomic E-state index is 0.189. The summed E-state index contributed by atoms with van der Waals surface area (Å²) in [6.45, 7) is 3.67. The van der Waals surface area contributed by atoms with Crippen LogP contribution in [0.3, 0.4) is 0 Å². The highest BCUT2D eigenvalue weighted by Gasteiger charge is 2.13. The average molecular weight is 228 g/mol. The molecule has 1 aliphatic heterocycles. The van der Waals surface area contributed by atoms with Gasteiger partial charge in [0.2, 0.25) is 5.91 Å². The summed E-state index contributed by atoms with van der Waals surface area (Å²) in [5.74, 6) is 0.931. The lowest BCUT2D eigenvalue weighted by molar-refractivity contribution is -0.121. The lowest BCUT2D eigenvalue weighted by Crippen LogP contribution is -2.29. The molecule has 0 radical (unpaired) electrons. The summed E-state index contributed by atoms with van der Waals surface area (Å²) in [7, 11) is 1.68. The Morgan fingerprint density at radius 3 is 2.88 bits per heavy atom. The Hall–Kier alpha value is -0.610. The van der Waals surface area contributed by atoms with Crippen LogP contribution in [0.1, 0.15) is 32.1 Å². The summed E-state index contributed by atoms with van der Waals surface area (Å²) < 4.78 is 4.92. The van der Waals surface area contributed by atoms with Crippen molar-refractivity contribution in [3.8, 4) is 0 Å². The lowest BCUT2D eigenvalue weighted by atomic mass is 9.93. The zero-order valence-corrected chi connectivity index (χ0v) is 10.3. The maximum Gasteiger partial charge on any atom is 0.220 e. The highest BCUT2D eigenvalue weighted by molar-refractivity contribution is 5.75. The van der Waals surface area contributed by atoms with Gasteiger partial charge in [-0.25, -0.2) is 0 Å². The average Bonchev–Trinajstić information content (AvgIpc) is 2.33. The van der Waals surface area contributed by atoms with E-state index in [1.165, 1.54) is 12.8 Å². The molecule has 4 nitrogen and oxygen atoms in total. The zero-order valence-electron chi connectivity index (χ0n) is 10.3. The van der Waals surface area contributed by atoms with Crippen molar-refractivity contribution in [2.45, 2.75) is 32.1 Å². The molecule has 94 valence electrons. The smallest absolute Gasteiger partial charge is 0.220 e. The van der Waals surface area contributed by atoms with Gasteiger partial charge < -0.3 is 15.4 Å². The zero-order chi connectivity index (χ0) is 11.6. The molecular formula is C12H24N2O2. The first-order chi connectivity index (χ1) is 7.83. The molecule has 4 heteroatoms. The Kier molecular flexibility index (Phi) is 7.17. The first-order valence-corrected chi connectivity index (χ1v) is 6.29. The van der Waals surface area contributed by atoms with E-state index in [1.807, 2.05) is 0 Å². The van der Waals surface area contributed by atoms with Crippen molar-refractivity contribution < 1.29 is 9.53 Å². The fraction of sp³-hybridized carbons (Fsp3) is 0.917. The molecule has 16 heavy (non-hydrogen) atoms. The molecule has 1 fully saturated rings. The predicted molar refractivity (Wildman–Crippen MR) is 64.3 cm³/mol. The first kappa shape index (κ1) is 13.5. The SMILES string of the molecule is COCCCNC(=O)CCC1CCNCC1. The molecule has 0 bridgehead atoms. The van der Waals surface area contributed by atoms with E-state index in [9.17, 15) is 4.79 Å². The molecule has 0 atom stereocenters. The van der Waals surface area contributed by atoms with Crippen molar-refractivity contribution in [3.63, 3.8) is 0 Å². The van der Waals surface area contributed by atoms with Gasteiger partial charge in [0.15, 0.2) is 0 Å². The van der Waals surface area contributed by atoms with Gasteiger partial charge >= 0.3 is 0 Å². The fourth-order valence-electron chi connectivity index (χ4n) is 2.04. The Labute approximate surface area is 98.1 Å². The van der Waals surface area contributed by atoms with E-state index in [-0.39, 0.29) is 5.91 Å². The maximum absolute atomic E-state index is 11.5. The van der Waals surface area contributed by atoms with Crippen molar-refractivity contribution in [1.82, 2.24) is 10.6 Å². The number of amides is 1. The second-order valence-electron chi connectivity index (χ2n) is 4.43. The summed E-state index contributed by atoms with van der Waals surface area (Å²) in [5, 5.41) is 6.26. The third kappa shape index (κ3) is 6.08. The van der Waals surface area contributed by atoms with Gasteiger partial charge in [-0.1, -0.05) is 0 Å². The largest absolute Gasteiger partial charge is 0.385 e. The molecular weight excluding hydrogens is 204 g/mol. The number of carbonyl (C=O) groups excluding carboxylic acids is 1. The minimum Gasteiger partial charge on any atom is -0.385 e. The molecule has 0 saturated carbocycles. The van der Waals surface area contributed by atoms with Crippen LogP contribution in [0, 0.1) is 5.92 Å². The summed E-state index contributed by atoms with van der Waals surface area (Å²) in [6.07, 6.45) is 5.05. The van der Waals surface area contributed by atoms with E-state index in [1.54, 1.807) is 7.11 Å². The second kappa shape index (κ2) is 8.53. The summed E-state index contributed by atoms with van der Waals surface area (Å²) in [5.41, 5.74) is 0. The van der Waals surface area contributed by atoms with Crippen LogP contribution in [0.4, 0.5) is 0 Å². The number of ether oxygens (including phenoxy) is 1. The van der Waals surface area contributed by atoms with Gasteiger partial charge in [-0.05, 0) is 44.7 Å². The van der Waals surface area contributed by atoms with Crippen molar-refractivity contribution in [1.29, 1.82) is 0 Å². The van der Waals surface area contributed by atoms with E-state index in [0.717, 1.165) is 38.4 Å². The molecule has 0 aromatic carbocycles. The van der Waals surface area contributed by atoms with Gasteiger partial charge in [0.05, 0.1) is 0 Å². The van der Waals surface area contributed by atoms with Crippen LogP contribution in [-0.4, -0.2) is 39.3 Å². The van der Waals surface area contributed by atoms with Gasteiger partial charge in [-0.2, -0.15) is 0 Å². The molecule has 0 aromatic rings. The summed E-state index contributed by atoms with van der Waals surface area (Å²) >= 11 is 0. The van der Waals surface area contributed by atoms with Crippen molar-refractivity contribution in [2.24, 2.45) is 5.92 Å². The Morgan fingerprint density at radius 2 is 2.19 bits per heavy atom. The third-order valence-corrected chi connectivity index (χ3v) is 3.09. The quantitative estimate of drug-likeness (QED) is 0.637. The highest BCUT2D eigenvalue weighted by atomic mass is 16.5.